The van der Waals surface area contributed by atoms with Gasteiger partial charge in [0.05, 0.1) is 0 Å². The Balaban J connectivity index is -0.000000154. The van der Waals surface area contributed by atoms with Crippen molar-refractivity contribution >= 4 is 0 Å². The molecule has 0 bridgehead atoms. The minimum atomic E-state index is 0. The van der Waals surface area contributed by atoms with E-state index in [2.05, 4.69) is 55.4 Å². The third-order valence-corrected chi connectivity index (χ3v) is 0.556. The van der Waals surface area contributed by atoms with Crippen LogP contribution in [0.2, 0.25) is 0 Å². The third kappa shape index (κ3) is 91.0. The smallest absolute Gasteiger partial charge is 0.338 e. The van der Waals surface area contributed by atoms with Gasteiger partial charge in [-0.15, -0.1) is 0 Å². The molecule has 16 heavy (non-hydrogen) atoms. The molecule has 0 aliphatic carbocycles. The van der Waals surface area contributed by atoms with Gasteiger partial charge in [-0.1, -0.05) is 41.5 Å². The van der Waals surface area contributed by atoms with Crippen LogP contribution >= 0.6 is 0 Å². The summed E-state index contributed by atoms with van der Waals surface area (Å²) in [6.07, 6.45) is 0. The van der Waals surface area contributed by atoms with Crippen LogP contribution in [-0.2, 0) is 26.2 Å². The van der Waals surface area contributed by atoms with E-state index in [1.54, 1.807) is 0 Å². The van der Waals surface area contributed by atoms with Crippen molar-refractivity contribution in [3.05, 3.63) is 44.2 Å². The van der Waals surface area contributed by atoms with Crippen LogP contribution in [0.4, 0.5) is 0 Å². The normalized spacial score (nSPS) is 10.0. The van der Waals surface area contributed by atoms with Crippen molar-refractivity contribution in [3.63, 3.8) is 0 Å². The SMILES string of the molecule is [CH2-]C(C)(C)C.[CH2-]C(C)(C)C.[Zr+3].c1cc[cH-]c1. The first kappa shape index (κ1) is 21.5. The van der Waals surface area contributed by atoms with Gasteiger partial charge >= 0.3 is 26.2 Å². The summed E-state index contributed by atoms with van der Waals surface area (Å²) < 4.78 is 0. The molecular weight excluding hydrogens is 271 g/mol. The molecule has 1 aromatic carbocycles. The van der Waals surface area contributed by atoms with Crippen LogP contribution in [0, 0.1) is 24.7 Å². The number of hydrogen-bond donors (Lipinski definition) is 0. The second-order valence-corrected chi connectivity index (χ2v) is 6.08. The van der Waals surface area contributed by atoms with Crippen molar-refractivity contribution in [2.24, 2.45) is 10.8 Å². The quantitative estimate of drug-likeness (QED) is 0.582. The summed E-state index contributed by atoms with van der Waals surface area (Å²) in [6.45, 7) is 20.0. The number of hydrogen-bond acceptors (Lipinski definition) is 0. The molecule has 1 rings (SSSR count). The maximum atomic E-state index is 3.77. The van der Waals surface area contributed by atoms with Gasteiger partial charge in [0.25, 0.3) is 0 Å². The maximum absolute atomic E-state index is 3.77. The Morgan fingerprint density at radius 1 is 0.750 bits per heavy atom. The second-order valence-electron chi connectivity index (χ2n) is 6.08. The average Bonchev–Trinajstić information content (AvgIpc) is 2.28. The molecule has 0 saturated carbocycles. The zero-order chi connectivity index (χ0) is 12.5. The molecule has 0 atom stereocenters. The van der Waals surface area contributed by atoms with E-state index in [0.29, 0.717) is 0 Å². The molecule has 0 saturated heterocycles. The van der Waals surface area contributed by atoms with Gasteiger partial charge in [-0.2, -0.15) is 29.0 Å². The van der Waals surface area contributed by atoms with E-state index in [1.165, 1.54) is 0 Å². The van der Waals surface area contributed by atoms with Crippen molar-refractivity contribution in [1.29, 1.82) is 0 Å². The fourth-order valence-corrected chi connectivity index (χ4v) is 0.321. The summed E-state index contributed by atoms with van der Waals surface area (Å²) in [7, 11) is 0. The van der Waals surface area contributed by atoms with Gasteiger partial charge in [0.2, 0.25) is 0 Å². The van der Waals surface area contributed by atoms with E-state index in [4.69, 9.17) is 0 Å². The Morgan fingerprint density at radius 2 is 0.938 bits per heavy atom. The first-order valence-corrected chi connectivity index (χ1v) is 5.37. The number of rotatable bonds is 0. The molecular formula is C15H27Zr. The Hall–Kier alpha value is 0.233. The van der Waals surface area contributed by atoms with E-state index < -0.39 is 0 Å². The molecule has 1 heteroatoms. The van der Waals surface area contributed by atoms with Gasteiger partial charge in [0, 0.05) is 0 Å². The zero-order valence-electron chi connectivity index (χ0n) is 11.8. The predicted molar refractivity (Wildman–Crippen MR) is 71.7 cm³/mol. The molecule has 0 aliphatic heterocycles. The molecule has 0 nitrogen and oxygen atoms in total. The fourth-order valence-electron chi connectivity index (χ4n) is 0.321. The van der Waals surface area contributed by atoms with Crippen molar-refractivity contribution in [1.82, 2.24) is 0 Å². The van der Waals surface area contributed by atoms with E-state index in [9.17, 15) is 0 Å². The minimum Gasteiger partial charge on any atom is -0.338 e. The van der Waals surface area contributed by atoms with Crippen molar-refractivity contribution in [2.75, 3.05) is 0 Å². The molecule has 0 N–H and O–H groups in total. The van der Waals surface area contributed by atoms with Crippen LogP contribution < -0.4 is 0 Å². The maximum Gasteiger partial charge on any atom is 3.00 e. The standard InChI is InChI=1S/C5H5.2C5H11.Zr/c1-2-4-5-3-1;2*1-5(2,3)4;/h1-5H;2*1H2,2-4H3;/q3*-1;+3. The molecule has 0 spiro atoms. The monoisotopic (exact) mass is 297 g/mol. The van der Waals surface area contributed by atoms with Gasteiger partial charge in [0.1, 0.15) is 0 Å². The summed E-state index contributed by atoms with van der Waals surface area (Å²) >= 11 is 0. The molecule has 0 aliphatic rings. The van der Waals surface area contributed by atoms with Crippen LogP contribution in [0.25, 0.3) is 0 Å². The Labute approximate surface area is 122 Å². The molecule has 0 unspecified atom stereocenters. The van der Waals surface area contributed by atoms with E-state index in [-0.39, 0.29) is 37.0 Å². The molecule has 0 heterocycles. The predicted octanol–water partition coefficient (Wildman–Crippen LogP) is 5.14. The summed E-state index contributed by atoms with van der Waals surface area (Å²) in [6, 6.07) is 10.0. The molecule has 0 aromatic heterocycles. The Bertz CT molecular complexity index is 155. The van der Waals surface area contributed by atoms with Crippen molar-refractivity contribution < 1.29 is 26.2 Å². The van der Waals surface area contributed by atoms with Crippen molar-refractivity contribution in [2.45, 2.75) is 41.5 Å². The van der Waals surface area contributed by atoms with E-state index in [0.717, 1.165) is 0 Å². The second kappa shape index (κ2) is 10.4. The van der Waals surface area contributed by atoms with Gasteiger partial charge in [0.15, 0.2) is 0 Å². The Morgan fingerprint density at radius 3 is 1.00 bits per heavy atom. The summed E-state index contributed by atoms with van der Waals surface area (Å²) in [5, 5.41) is 0. The molecule has 1 radical (unpaired) electrons. The fraction of sp³-hybridized carbons (Fsp3) is 0.533. The van der Waals surface area contributed by atoms with E-state index in [1.807, 2.05) is 30.3 Å². The van der Waals surface area contributed by atoms with Gasteiger partial charge in [-0.3, -0.25) is 0 Å². The van der Waals surface area contributed by atoms with Gasteiger partial charge in [-0.25, -0.2) is 12.1 Å². The van der Waals surface area contributed by atoms with Crippen LogP contribution in [-0.4, -0.2) is 0 Å². The first-order valence-electron chi connectivity index (χ1n) is 5.37. The zero-order valence-corrected chi connectivity index (χ0v) is 14.3. The topological polar surface area (TPSA) is 0 Å². The van der Waals surface area contributed by atoms with Crippen LogP contribution in [0.3, 0.4) is 0 Å². The largest absolute Gasteiger partial charge is 3.00 e. The molecule has 91 valence electrons. The van der Waals surface area contributed by atoms with Crippen LogP contribution in [0.5, 0.6) is 0 Å². The summed E-state index contributed by atoms with van der Waals surface area (Å²) in [5.74, 6) is 0. The Kier molecular flexibility index (Phi) is 14.0. The average molecular weight is 299 g/mol. The van der Waals surface area contributed by atoms with Crippen LogP contribution in [0.15, 0.2) is 30.3 Å². The van der Waals surface area contributed by atoms with Crippen LogP contribution in [0.1, 0.15) is 41.5 Å². The van der Waals surface area contributed by atoms with E-state index >= 15 is 0 Å². The molecule has 1 aromatic rings. The molecule has 0 amide bonds. The first-order chi connectivity index (χ1) is 6.50. The van der Waals surface area contributed by atoms with Gasteiger partial charge in [-0.05, 0) is 0 Å². The summed E-state index contributed by atoms with van der Waals surface area (Å²) in [5.41, 5.74) is 0.500. The third-order valence-electron chi connectivity index (χ3n) is 0.556. The summed E-state index contributed by atoms with van der Waals surface area (Å²) in [4.78, 5) is 0. The molecule has 0 fully saturated rings. The van der Waals surface area contributed by atoms with Crippen molar-refractivity contribution in [3.8, 4) is 0 Å². The minimum absolute atomic E-state index is 0. The van der Waals surface area contributed by atoms with Gasteiger partial charge < -0.3 is 13.8 Å².